The molecule has 0 heterocycles. The van der Waals surface area contributed by atoms with E-state index < -0.39 is 5.82 Å². The lowest BCUT2D eigenvalue weighted by atomic mass is 10.1. The first-order valence-corrected chi connectivity index (χ1v) is 6.43. The van der Waals surface area contributed by atoms with Crippen LogP contribution in [0.25, 0.3) is 6.08 Å². The van der Waals surface area contributed by atoms with Crippen LogP contribution in [0.15, 0.2) is 48.5 Å². The highest BCUT2D eigenvalue weighted by atomic mass is 35.5. The number of carbonyl (C=O) groups is 1. The van der Waals surface area contributed by atoms with Gasteiger partial charge in [-0.1, -0.05) is 41.4 Å². The summed E-state index contributed by atoms with van der Waals surface area (Å²) in [6.45, 7) is 1.98. The molecule has 0 radical (unpaired) electrons. The number of carbonyl (C=O) groups excluding carboxylic acids is 1. The van der Waals surface area contributed by atoms with E-state index >= 15 is 0 Å². The quantitative estimate of drug-likeness (QED) is 0.832. The number of nitrogens with one attached hydrogen (secondary N) is 1. The average molecular weight is 290 g/mol. The molecule has 2 aromatic rings. The van der Waals surface area contributed by atoms with Gasteiger partial charge in [0.1, 0.15) is 5.82 Å². The van der Waals surface area contributed by atoms with Gasteiger partial charge in [0, 0.05) is 11.8 Å². The van der Waals surface area contributed by atoms with E-state index in [9.17, 15) is 9.18 Å². The number of amides is 1. The second kappa shape index (κ2) is 6.35. The molecule has 0 unspecified atom stereocenters. The molecule has 4 heteroatoms. The molecule has 2 aromatic carbocycles. The molecule has 0 saturated carbocycles. The lowest BCUT2D eigenvalue weighted by Gasteiger charge is -2.03. The third-order valence-corrected chi connectivity index (χ3v) is 2.95. The van der Waals surface area contributed by atoms with Crippen LogP contribution in [0.4, 0.5) is 10.1 Å². The Hall–Kier alpha value is -2.13. The van der Waals surface area contributed by atoms with Crippen molar-refractivity contribution in [1.29, 1.82) is 0 Å². The number of hydrogen-bond donors (Lipinski definition) is 1. The average Bonchev–Trinajstić information content (AvgIpc) is 2.41. The maximum absolute atomic E-state index is 13.0. The lowest BCUT2D eigenvalue weighted by molar-refractivity contribution is -0.111. The van der Waals surface area contributed by atoms with Crippen LogP contribution in [-0.4, -0.2) is 5.91 Å². The number of rotatable bonds is 3. The minimum atomic E-state index is -0.514. The summed E-state index contributed by atoms with van der Waals surface area (Å²) >= 11 is 5.64. The first-order valence-electron chi connectivity index (χ1n) is 6.05. The number of hydrogen-bond acceptors (Lipinski definition) is 1. The Morgan fingerprint density at radius 3 is 2.75 bits per heavy atom. The molecule has 2 rings (SSSR count). The molecule has 20 heavy (non-hydrogen) atoms. The standard InChI is InChI=1S/C16H13ClFNO/c1-11-3-2-4-12(9-11)5-8-16(20)19-13-6-7-15(18)14(17)10-13/h2-10H,1H3,(H,19,20)/b8-5+. The molecule has 1 amide bonds. The minimum Gasteiger partial charge on any atom is -0.322 e. The maximum Gasteiger partial charge on any atom is 0.248 e. The molecular weight excluding hydrogens is 277 g/mol. The highest BCUT2D eigenvalue weighted by molar-refractivity contribution is 6.31. The molecule has 0 spiro atoms. The van der Waals surface area contributed by atoms with Crippen molar-refractivity contribution in [2.45, 2.75) is 6.92 Å². The molecule has 0 aliphatic carbocycles. The third kappa shape index (κ3) is 3.93. The van der Waals surface area contributed by atoms with Crippen molar-refractivity contribution in [2.24, 2.45) is 0 Å². The molecule has 0 aliphatic heterocycles. The monoisotopic (exact) mass is 289 g/mol. The van der Waals surface area contributed by atoms with Crippen molar-refractivity contribution in [3.05, 3.63) is 70.5 Å². The molecular formula is C16H13ClFNO. The third-order valence-electron chi connectivity index (χ3n) is 2.66. The lowest BCUT2D eigenvalue weighted by Crippen LogP contribution is -2.07. The SMILES string of the molecule is Cc1cccc(/C=C/C(=O)Nc2ccc(F)c(Cl)c2)c1. The molecule has 0 aromatic heterocycles. The fourth-order valence-electron chi connectivity index (χ4n) is 1.70. The summed E-state index contributed by atoms with van der Waals surface area (Å²) < 4.78 is 13.0. The molecule has 0 saturated heterocycles. The fourth-order valence-corrected chi connectivity index (χ4v) is 1.88. The van der Waals surface area contributed by atoms with E-state index in [2.05, 4.69) is 5.32 Å². The highest BCUT2D eigenvalue weighted by Crippen LogP contribution is 2.19. The van der Waals surface area contributed by atoms with Gasteiger partial charge in [-0.2, -0.15) is 0 Å². The Balaban J connectivity index is 2.03. The normalized spacial score (nSPS) is 10.8. The Morgan fingerprint density at radius 2 is 2.05 bits per heavy atom. The number of benzene rings is 2. The Kier molecular flexibility index (Phi) is 4.53. The van der Waals surface area contributed by atoms with Crippen LogP contribution in [0.5, 0.6) is 0 Å². The Morgan fingerprint density at radius 1 is 1.25 bits per heavy atom. The van der Waals surface area contributed by atoms with Crippen molar-refractivity contribution in [1.82, 2.24) is 0 Å². The van der Waals surface area contributed by atoms with Gasteiger partial charge in [0.05, 0.1) is 5.02 Å². The van der Waals surface area contributed by atoms with Crippen LogP contribution in [0.2, 0.25) is 5.02 Å². The van der Waals surface area contributed by atoms with E-state index in [-0.39, 0.29) is 10.9 Å². The zero-order valence-corrected chi connectivity index (χ0v) is 11.6. The zero-order valence-electron chi connectivity index (χ0n) is 10.9. The Labute approximate surface area is 121 Å². The topological polar surface area (TPSA) is 29.1 Å². The summed E-state index contributed by atoms with van der Waals surface area (Å²) in [7, 11) is 0. The van der Waals surface area contributed by atoms with Gasteiger partial charge in [-0.3, -0.25) is 4.79 Å². The van der Waals surface area contributed by atoms with Crippen LogP contribution in [0.1, 0.15) is 11.1 Å². The highest BCUT2D eigenvalue weighted by Gasteiger charge is 2.02. The van der Waals surface area contributed by atoms with Crippen molar-refractivity contribution in [3.63, 3.8) is 0 Å². The van der Waals surface area contributed by atoms with Gasteiger partial charge in [-0.15, -0.1) is 0 Å². The molecule has 0 aliphatic rings. The zero-order chi connectivity index (χ0) is 14.5. The summed E-state index contributed by atoms with van der Waals surface area (Å²) in [5, 5.41) is 2.60. The second-order valence-corrected chi connectivity index (χ2v) is 4.77. The van der Waals surface area contributed by atoms with Crippen LogP contribution < -0.4 is 5.32 Å². The van der Waals surface area contributed by atoms with Crippen molar-refractivity contribution < 1.29 is 9.18 Å². The van der Waals surface area contributed by atoms with E-state index in [0.717, 1.165) is 11.1 Å². The number of halogens is 2. The molecule has 0 bridgehead atoms. The largest absolute Gasteiger partial charge is 0.322 e. The van der Waals surface area contributed by atoms with Gasteiger partial charge in [0.2, 0.25) is 5.91 Å². The van der Waals surface area contributed by atoms with E-state index in [1.54, 1.807) is 6.08 Å². The number of anilines is 1. The summed E-state index contributed by atoms with van der Waals surface area (Å²) in [5.74, 6) is -0.811. The smallest absolute Gasteiger partial charge is 0.248 e. The van der Waals surface area contributed by atoms with Gasteiger partial charge in [-0.05, 0) is 36.8 Å². The predicted molar refractivity (Wildman–Crippen MR) is 80.3 cm³/mol. The minimum absolute atomic E-state index is 0.0227. The summed E-state index contributed by atoms with van der Waals surface area (Å²) in [6, 6.07) is 11.8. The molecule has 2 nitrogen and oxygen atoms in total. The van der Waals surface area contributed by atoms with Crippen LogP contribution in [-0.2, 0) is 4.79 Å². The van der Waals surface area contributed by atoms with E-state index in [1.165, 1.54) is 24.3 Å². The molecule has 0 atom stereocenters. The van der Waals surface area contributed by atoms with Crippen molar-refractivity contribution in [3.8, 4) is 0 Å². The second-order valence-electron chi connectivity index (χ2n) is 4.37. The molecule has 1 N–H and O–H groups in total. The fraction of sp³-hybridized carbons (Fsp3) is 0.0625. The van der Waals surface area contributed by atoms with Gasteiger partial charge < -0.3 is 5.32 Å². The van der Waals surface area contributed by atoms with Crippen molar-refractivity contribution in [2.75, 3.05) is 5.32 Å². The number of aryl methyl sites for hydroxylation is 1. The maximum atomic E-state index is 13.0. The van der Waals surface area contributed by atoms with Crippen molar-refractivity contribution >= 4 is 29.3 Å². The summed E-state index contributed by atoms with van der Waals surface area (Å²) in [6.07, 6.45) is 3.14. The first kappa shape index (κ1) is 14.3. The predicted octanol–water partition coefficient (Wildman–Crippen LogP) is 4.44. The molecule has 0 fully saturated rings. The van der Waals surface area contributed by atoms with E-state index in [1.807, 2.05) is 31.2 Å². The van der Waals surface area contributed by atoms with Gasteiger partial charge in [0.25, 0.3) is 0 Å². The van der Waals surface area contributed by atoms with Gasteiger partial charge in [0.15, 0.2) is 0 Å². The van der Waals surface area contributed by atoms with E-state index in [4.69, 9.17) is 11.6 Å². The van der Waals surface area contributed by atoms with E-state index in [0.29, 0.717) is 5.69 Å². The molecule has 102 valence electrons. The van der Waals surface area contributed by atoms with Gasteiger partial charge in [-0.25, -0.2) is 4.39 Å². The Bertz CT molecular complexity index is 667. The summed E-state index contributed by atoms with van der Waals surface area (Å²) in [5.41, 5.74) is 2.52. The van der Waals surface area contributed by atoms with Crippen LogP contribution in [0.3, 0.4) is 0 Å². The van der Waals surface area contributed by atoms with Crippen LogP contribution >= 0.6 is 11.6 Å². The first-order chi connectivity index (χ1) is 9.54. The van der Waals surface area contributed by atoms with Gasteiger partial charge >= 0.3 is 0 Å². The summed E-state index contributed by atoms with van der Waals surface area (Å²) in [4.78, 5) is 11.7. The van der Waals surface area contributed by atoms with Crippen LogP contribution in [0, 0.1) is 12.7 Å².